The quantitative estimate of drug-likeness (QED) is 0.798. The van der Waals surface area contributed by atoms with Gasteiger partial charge in [0.05, 0.1) is 6.20 Å². The molecule has 0 aliphatic carbocycles. The van der Waals surface area contributed by atoms with E-state index in [1.54, 1.807) is 0 Å². The Kier molecular flexibility index (Phi) is 3.71. The van der Waals surface area contributed by atoms with E-state index in [0.29, 0.717) is 11.3 Å². The van der Waals surface area contributed by atoms with Crippen molar-refractivity contribution in [2.75, 3.05) is 0 Å². The van der Waals surface area contributed by atoms with E-state index in [-0.39, 0.29) is 5.02 Å². The number of halogens is 1. The fourth-order valence-corrected chi connectivity index (χ4v) is 2.11. The van der Waals surface area contributed by atoms with E-state index < -0.39 is 5.56 Å². The number of benzene rings is 2. The van der Waals surface area contributed by atoms with Gasteiger partial charge in [0.15, 0.2) is 0 Å². The summed E-state index contributed by atoms with van der Waals surface area (Å²) in [4.78, 5) is 11.4. The fourth-order valence-electron chi connectivity index (χ4n) is 1.91. The molecule has 3 rings (SSSR count). The molecule has 0 aliphatic rings. The van der Waals surface area contributed by atoms with Crippen LogP contribution in [0.2, 0.25) is 5.02 Å². The third-order valence-corrected chi connectivity index (χ3v) is 3.32. The van der Waals surface area contributed by atoms with Crippen molar-refractivity contribution in [3.8, 4) is 22.6 Å². The first kappa shape index (κ1) is 13.4. The molecule has 1 N–H and O–H groups in total. The van der Waals surface area contributed by atoms with Crippen molar-refractivity contribution in [3.05, 3.63) is 76.2 Å². The lowest BCUT2D eigenvalue weighted by atomic mass is 10.1. The summed E-state index contributed by atoms with van der Waals surface area (Å²) in [6.07, 6.45) is 1.52. The van der Waals surface area contributed by atoms with Crippen LogP contribution in [0.1, 0.15) is 0 Å². The molecule has 4 nitrogen and oxygen atoms in total. The first-order valence-electron chi connectivity index (χ1n) is 6.30. The van der Waals surface area contributed by atoms with Crippen molar-refractivity contribution in [1.82, 2.24) is 10.2 Å². The highest BCUT2D eigenvalue weighted by molar-refractivity contribution is 6.33. The Morgan fingerprint density at radius 3 is 2.33 bits per heavy atom. The van der Waals surface area contributed by atoms with Crippen LogP contribution < -0.4 is 10.3 Å². The molecule has 0 atom stereocenters. The zero-order valence-corrected chi connectivity index (χ0v) is 11.7. The Balaban J connectivity index is 1.87. The number of H-pyrrole nitrogens is 1. The normalized spacial score (nSPS) is 10.3. The van der Waals surface area contributed by atoms with Gasteiger partial charge in [0.25, 0.3) is 5.56 Å². The molecule has 0 unspecified atom stereocenters. The van der Waals surface area contributed by atoms with Gasteiger partial charge in [0.1, 0.15) is 16.5 Å². The minimum atomic E-state index is -0.404. The Hall–Kier alpha value is -2.59. The van der Waals surface area contributed by atoms with E-state index >= 15 is 0 Å². The lowest BCUT2D eigenvalue weighted by Gasteiger charge is -2.07. The number of hydrogen-bond acceptors (Lipinski definition) is 3. The van der Waals surface area contributed by atoms with Crippen LogP contribution in [-0.2, 0) is 0 Å². The number of hydrogen-bond donors (Lipinski definition) is 1. The monoisotopic (exact) mass is 298 g/mol. The maximum Gasteiger partial charge on any atom is 0.283 e. The van der Waals surface area contributed by atoms with Crippen molar-refractivity contribution in [2.24, 2.45) is 0 Å². The number of ether oxygens (including phenoxy) is 1. The van der Waals surface area contributed by atoms with Crippen molar-refractivity contribution < 1.29 is 4.74 Å². The average Bonchev–Trinajstić information content (AvgIpc) is 2.52. The average molecular weight is 299 g/mol. The summed E-state index contributed by atoms with van der Waals surface area (Å²) in [6, 6.07) is 16.8. The summed E-state index contributed by atoms with van der Waals surface area (Å²) in [7, 11) is 0. The Morgan fingerprint density at radius 1 is 0.952 bits per heavy atom. The van der Waals surface area contributed by atoms with Gasteiger partial charge in [-0.2, -0.15) is 5.10 Å². The van der Waals surface area contributed by atoms with Crippen LogP contribution in [-0.4, -0.2) is 10.2 Å². The summed E-state index contributed by atoms with van der Waals surface area (Å²) in [5.41, 5.74) is 0.990. The van der Waals surface area contributed by atoms with Gasteiger partial charge < -0.3 is 4.74 Å². The second kappa shape index (κ2) is 5.81. The van der Waals surface area contributed by atoms with Crippen LogP contribution in [0.3, 0.4) is 0 Å². The van der Waals surface area contributed by atoms with Crippen molar-refractivity contribution in [3.63, 3.8) is 0 Å². The van der Waals surface area contributed by atoms with Crippen molar-refractivity contribution in [2.45, 2.75) is 0 Å². The number of nitrogens with zero attached hydrogens (tertiary/aromatic N) is 1. The highest BCUT2D eigenvalue weighted by Gasteiger charge is 2.07. The molecule has 0 saturated heterocycles. The third kappa shape index (κ3) is 2.95. The predicted molar refractivity (Wildman–Crippen MR) is 81.8 cm³/mol. The molecule has 0 fully saturated rings. The molecule has 1 aromatic heterocycles. The number of aromatic amines is 1. The molecule has 5 heteroatoms. The maximum atomic E-state index is 11.4. The molecule has 1 heterocycles. The number of para-hydroxylation sites is 1. The molecule has 0 aliphatic heterocycles. The largest absolute Gasteiger partial charge is 0.457 e. The second-order valence-corrected chi connectivity index (χ2v) is 4.74. The summed E-state index contributed by atoms with van der Waals surface area (Å²) in [5, 5.41) is 6.18. The zero-order chi connectivity index (χ0) is 14.7. The maximum absolute atomic E-state index is 11.4. The molecule has 3 aromatic rings. The Labute approximate surface area is 126 Å². The van der Waals surface area contributed by atoms with Crippen LogP contribution >= 0.6 is 11.6 Å². The van der Waals surface area contributed by atoms with Crippen LogP contribution in [0.25, 0.3) is 11.1 Å². The molecular weight excluding hydrogens is 288 g/mol. The number of aromatic nitrogens is 2. The van der Waals surface area contributed by atoms with E-state index in [2.05, 4.69) is 10.2 Å². The highest BCUT2D eigenvalue weighted by atomic mass is 35.5. The molecule has 21 heavy (non-hydrogen) atoms. The number of rotatable bonds is 3. The zero-order valence-electron chi connectivity index (χ0n) is 10.9. The smallest absolute Gasteiger partial charge is 0.283 e. The van der Waals surface area contributed by atoms with Gasteiger partial charge in [-0.3, -0.25) is 4.79 Å². The Bertz CT molecular complexity index is 799. The lowest BCUT2D eigenvalue weighted by molar-refractivity contribution is 0.483. The minimum Gasteiger partial charge on any atom is -0.457 e. The summed E-state index contributed by atoms with van der Waals surface area (Å²) in [6.45, 7) is 0. The summed E-state index contributed by atoms with van der Waals surface area (Å²) >= 11 is 5.98. The van der Waals surface area contributed by atoms with Crippen molar-refractivity contribution >= 4 is 11.6 Å². The molecule has 2 aromatic carbocycles. The Morgan fingerprint density at radius 2 is 1.62 bits per heavy atom. The third-order valence-electron chi connectivity index (χ3n) is 2.94. The molecule has 0 radical (unpaired) electrons. The van der Waals surface area contributed by atoms with Gasteiger partial charge >= 0.3 is 0 Å². The molecule has 0 bridgehead atoms. The van der Waals surface area contributed by atoms with Gasteiger partial charge in [-0.1, -0.05) is 41.9 Å². The second-order valence-electron chi connectivity index (χ2n) is 4.37. The van der Waals surface area contributed by atoms with Gasteiger partial charge in [0.2, 0.25) is 0 Å². The minimum absolute atomic E-state index is 0.127. The molecular formula is C16H11ClN2O2. The van der Waals surface area contributed by atoms with E-state index in [1.807, 2.05) is 54.6 Å². The van der Waals surface area contributed by atoms with E-state index in [9.17, 15) is 4.79 Å². The molecule has 0 spiro atoms. The van der Waals surface area contributed by atoms with Crippen LogP contribution in [0, 0.1) is 0 Å². The van der Waals surface area contributed by atoms with E-state index in [4.69, 9.17) is 16.3 Å². The van der Waals surface area contributed by atoms with E-state index in [0.717, 1.165) is 11.3 Å². The highest BCUT2D eigenvalue weighted by Crippen LogP contribution is 2.27. The lowest BCUT2D eigenvalue weighted by Crippen LogP contribution is -2.08. The van der Waals surface area contributed by atoms with Gasteiger partial charge in [-0.25, -0.2) is 5.10 Å². The van der Waals surface area contributed by atoms with Crippen molar-refractivity contribution in [1.29, 1.82) is 0 Å². The standard InChI is InChI=1S/C16H11ClN2O2/c17-15-14(10-18-19-16(15)20)11-6-8-13(9-7-11)21-12-4-2-1-3-5-12/h1-10H,(H,19,20). The van der Waals surface area contributed by atoms with Crippen LogP contribution in [0.15, 0.2) is 65.6 Å². The number of nitrogens with one attached hydrogen (secondary N) is 1. The molecule has 0 saturated carbocycles. The van der Waals surface area contributed by atoms with Gasteiger partial charge in [-0.15, -0.1) is 0 Å². The SMILES string of the molecule is O=c1[nH]ncc(-c2ccc(Oc3ccccc3)cc2)c1Cl. The first-order chi connectivity index (χ1) is 10.2. The van der Waals surface area contributed by atoms with Crippen LogP contribution in [0.4, 0.5) is 0 Å². The first-order valence-corrected chi connectivity index (χ1v) is 6.68. The topological polar surface area (TPSA) is 55.0 Å². The molecule has 104 valence electrons. The summed E-state index contributed by atoms with van der Waals surface area (Å²) < 4.78 is 5.71. The summed E-state index contributed by atoms with van der Waals surface area (Å²) in [5.74, 6) is 1.47. The van der Waals surface area contributed by atoms with Gasteiger partial charge in [0, 0.05) is 5.56 Å². The predicted octanol–water partition coefficient (Wildman–Crippen LogP) is 3.88. The van der Waals surface area contributed by atoms with E-state index in [1.165, 1.54) is 6.20 Å². The van der Waals surface area contributed by atoms with Crippen LogP contribution in [0.5, 0.6) is 11.5 Å². The van der Waals surface area contributed by atoms with Gasteiger partial charge in [-0.05, 0) is 29.8 Å². The fraction of sp³-hybridized carbons (Fsp3) is 0. The molecule has 0 amide bonds.